The molecule has 2 aliphatic heterocycles. The number of rotatable bonds is 3. The first kappa shape index (κ1) is 15.1. The summed E-state index contributed by atoms with van der Waals surface area (Å²) in [7, 11) is 0. The molecule has 0 aromatic carbocycles. The van der Waals surface area contributed by atoms with Crippen LogP contribution in [0.1, 0.15) is 17.8 Å². The van der Waals surface area contributed by atoms with Crippen molar-refractivity contribution in [2.24, 2.45) is 5.73 Å². The third-order valence-corrected chi connectivity index (χ3v) is 4.71. The Morgan fingerprint density at radius 1 is 1.18 bits per heavy atom. The summed E-state index contributed by atoms with van der Waals surface area (Å²) in [5.74, 6) is 0.362. The lowest BCUT2D eigenvalue weighted by molar-refractivity contribution is -0.130. The largest absolute Gasteiger partial charge is 0.379 e. The van der Waals surface area contributed by atoms with Gasteiger partial charge in [0.05, 0.1) is 18.0 Å². The highest BCUT2D eigenvalue weighted by atomic mass is 16.5. The van der Waals surface area contributed by atoms with Crippen molar-refractivity contribution in [2.75, 3.05) is 44.3 Å². The molecule has 1 unspecified atom stereocenters. The summed E-state index contributed by atoms with van der Waals surface area (Å²) in [5.41, 5.74) is 6.73. The molecule has 1 aromatic rings. The van der Waals surface area contributed by atoms with Crippen LogP contribution in [0.5, 0.6) is 0 Å². The van der Waals surface area contributed by atoms with E-state index in [1.54, 1.807) is 0 Å². The van der Waals surface area contributed by atoms with Crippen LogP contribution in [0.25, 0.3) is 0 Å². The van der Waals surface area contributed by atoms with Gasteiger partial charge in [-0.3, -0.25) is 9.69 Å². The predicted molar refractivity (Wildman–Crippen MR) is 80.4 cm³/mol. The fourth-order valence-corrected chi connectivity index (χ4v) is 3.07. The topological polar surface area (TPSA) is 97.5 Å². The van der Waals surface area contributed by atoms with Crippen LogP contribution in [0, 0.1) is 13.8 Å². The second-order valence-corrected chi connectivity index (χ2v) is 5.96. The van der Waals surface area contributed by atoms with Crippen molar-refractivity contribution in [2.45, 2.75) is 25.8 Å². The zero-order valence-corrected chi connectivity index (χ0v) is 13.1. The van der Waals surface area contributed by atoms with E-state index in [1.165, 1.54) is 0 Å². The molecule has 0 aliphatic carbocycles. The van der Waals surface area contributed by atoms with Crippen molar-refractivity contribution in [3.63, 3.8) is 0 Å². The Bertz CT molecular complexity index is 564. The molecule has 2 saturated heterocycles. The Balaban J connectivity index is 1.69. The summed E-state index contributed by atoms with van der Waals surface area (Å²) >= 11 is 0. The third-order valence-electron chi connectivity index (χ3n) is 4.71. The first-order valence-corrected chi connectivity index (χ1v) is 7.58. The van der Waals surface area contributed by atoms with E-state index >= 15 is 0 Å². The summed E-state index contributed by atoms with van der Waals surface area (Å²) < 4.78 is 5.42. The molecular formula is C14H22N6O2. The van der Waals surface area contributed by atoms with Crippen LogP contribution in [0.15, 0.2) is 0 Å². The maximum Gasteiger partial charge on any atom is 0.245 e. The SMILES string of the molecule is Cc1nnc(N2CCN(C3(C(N)=O)CCOC3)CC2)nc1C. The molecule has 0 saturated carbocycles. The van der Waals surface area contributed by atoms with Gasteiger partial charge in [-0.1, -0.05) is 0 Å². The van der Waals surface area contributed by atoms with Gasteiger partial charge in [0.15, 0.2) is 0 Å². The van der Waals surface area contributed by atoms with Crippen LogP contribution in [0.3, 0.4) is 0 Å². The monoisotopic (exact) mass is 306 g/mol. The average molecular weight is 306 g/mol. The molecule has 1 amide bonds. The van der Waals surface area contributed by atoms with Gasteiger partial charge in [-0.2, -0.15) is 5.10 Å². The first-order valence-electron chi connectivity index (χ1n) is 7.58. The maximum atomic E-state index is 11.9. The number of piperazine rings is 1. The van der Waals surface area contributed by atoms with E-state index in [2.05, 4.69) is 25.0 Å². The number of aryl methyl sites for hydroxylation is 2. The van der Waals surface area contributed by atoms with E-state index in [1.807, 2.05) is 13.8 Å². The lowest BCUT2D eigenvalue weighted by Gasteiger charge is -2.43. The van der Waals surface area contributed by atoms with Gasteiger partial charge in [0.2, 0.25) is 11.9 Å². The molecule has 22 heavy (non-hydrogen) atoms. The summed E-state index contributed by atoms with van der Waals surface area (Å²) in [6.07, 6.45) is 0.671. The van der Waals surface area contributed by atoms with Crippen LogP contribution in [0.4, 0.5) is 5.95 Å². The Kier molecular flexibility index (Phi) is 3.96. The molecule has 1 aromatic heterocycles. The minimum absolute atomic E-state index is 0.289. The lowest BCUT2D eigenvalue weighted by Crippen LogP contribution is -2.63. The van der Waals surface area contributed by atoms with Gasteiger partial charge in [-0.25, -0.2) is 4.98 Å². The first-order chi connectivity index (χ1) is 10.5. The molecule has 3 heterocycles. The Morgan fingerprint density at radius 3 is 2.45 bits per heavy atom. The second kappa shape index (κ2) is 5.77. The molecule has 8 nitrogen and oxygen atoms in total. The number of primary amides is 1. The van der Waals surface area contributed by atoms with Gasteiger partial charge < -0.3 is 15.4 Å². The van der Waals surface area contributed by atoms with Gasteiger partial charge in [-0.15, -0.1) is 5.10 Å². The predicted octanol–water partition coefficient (Wildman–Crippen LogP) is -0.745. The smallest absolute Gasteiger partial charge is 0.245 e. The van der Waals surface area contributed by atoms with Crippen molar-refractivity contribution in [1.82, 2.24) is 20.1 Å². The van der Waals surface area contributed by atoms with Crippen molar-refractivity contribution < 1.29 is 9.53 Å². The third kappa shape index (κ3) is 2.52. The minimum atomic E-state index is -0.644. The number of ether oxygens (including phenoxy) is 1. The fourth-order valence-electron chi connectivity index (χ4n) is 3.07. The molecule has 1 atom stereocenters. The maximum absolute atomic E-state index is 11.9. The van der Waals surface area contributed by atoms with Gasteiger partial charge in [0.1, 0.15) is 5.54 Å². The number of hydrogen-bond acceptors (Lipinski definition) is 7. The van der Waals surface area contributed by atoms with Crippen molar-refractivity contribution in [3.05, 3.63) is 11.4 Å². The number of nitrogens with zero attached hydrogens (tertiary/aromatic N) is 5. The van der Waals surface area contributed by atoms with Gasteiger partial charge in [0.25, 0.3) is 0 Å². The van der Waals surface area contributed by atoms with E-state index in [-0.39, 0.29) is 5.91 Å². The van der Waals surface area contributed by atoms with Crippen LogP contribution in [-0.2, 0) is 9.53 Å². The Hall–Kier alpha value is -1.80. The molecule has 0 bridgehead atoms. The normalized spacial score (nSPS) is 26.4. The molecule has 8 heteroatoms. The molecule has 120 valence electrons. The Labute approximate surface area is 129 Å². The standard InChI is InChI=1S/C14H22N6O2/c1-10-11(2)17-18-13(16-10)19-4-6-20(7-5-19)14(12(15)21)3-8-22-9-14/h3-9H2,1-2H3,(H2,15,21). The average Bonchev–Trinajstić information content (AvgIpc) is 3.01. The number of hydrogen-bond donors (Lipinski definition) is 1. The van der Waals surface area contributed by atoms with Crippen molar-refractivity contribution >= 4 is 11.9 Å². The van der Waals surface area contributed by atoms with E-state index in [4.69, 9.17) is 10.5 Å². The summed E-state index contributed by atoms with van der Waals surface area (Å²) in [4.78, 5) is 20.6. The number of anilines is 1. The van der Waals surface area contributed by atoms with E-state index in [0.29, 0.717) is 25.6 Å². The van der Waals surface area contributed by atoms with Crippen molar-refractivity contribution in [1.29, 1.82) is 0 Å². The zero-order chi connectivity index (χ0) is 15.7. The second-order valence-electron chi connectivity index (χ2n) is 5.96. The Morgan fingerprint density at radius 2 is 1.91 bits per heavy atom. The lowest BCUT2D eigenvalue weighted by atomic mass is 9.94. The van der Waals surface area contributed by atoms with Crippen molar-refractivity contribution in [3.8, 4) is 0 Å². The van der Waals surface area contributed by atoms with Gasteiger partial charge in [-0.05, 0) is 13.8 Å². The minimum Gasteiger partial charge on any atom is -0.379 e. The molecule has 2 fully saturated rings. The van der Waals surface area contributed by atoms with Crippen LogP contribution in [0.2, 0.25) is 0 Å². The number of carbonyl (C=O) groups is 1. The fraction of sp³-hybridized carbons (Fsp3) is 0.714. The number of amides is 1. The molecule has 0 spiro atoms. The quantitative estimate of drug-likeness (QED) is 0.785. The van der Waals surface area contributed by atoms with Crippen LogP contribution >= 0.6 is 0 Å². The van der Waals surface area contributed by atoms with E-state index in [9.17, 15) is 4.79 Å². The van der Waals surface area contributed by atoms with E-state index < -0.39 is 5.54 Å². The molecular weight excluding hydrogens is 284 g/mol. The number of carbonyl (C=O) groups excluding carboxylic acids is 1. The number of nitrogens with two attached hydrogens (primary N) is 1. The van der Waals surface area contributed by atoms with Crippen LogP contribution < -0.4 is 10.6 Å². The van der Waals surface area contributed by atoms with Gasteiger partial charge >= 0.3 is 0 Å². The molecule has 2 aliphatic rings. The highest BCUT2D eigenvalue weighted by Crippen LogP contribution is 2.27. The highest BCUT2D eigenvalue weighted by Gasteiger charge is 2.46. The summed E-state index contributed by atoms with van der Waals surface area (Å²) in [6.45, 7) is 7.79. The summed E-state index contributed by atoms with van der Waals surface area (Å²) in [5, 5.41) is 8.30. The van der Waals surface area contributed by atoms with E-state index in [0.717, 1.165) is 37.6 Å². The summed E-state index contributed by atoms with van der Waals surface area (Å²) in [6, 6.07) is 0. The van der Waals surface area contributed by atoms with Crippen LogP contribution in [-0.4, -0.2) is 70.9 Å². The molecule has 2 N–H and O–H groups in total. The zero-order valence-electron chi connectivity index (χ0n) is 13.1. The highest BCUT2D eigenvalue weighted by molar-refractivity contribution is 5.85. The molecule has 0 radical (unpaired) electrons. The number of aromatic nitrogens is 3. The van der Waals surface area contributed by atoms with Gasteiger partial charge in [0, 0.05) is 39.2 Å². The molecule has 3 rings (SSSR count).